The Morgan fingerprint density at radius 3 is 2.42 bits per heavy atom. The van der Waals surface area contributed by atoms with Gasteiger partial charge in [-0.2, -0.15) is 0 Å². The van der Waals surface area contributed by atoms with E-state index in [1.54, 1.807) is 0 Å². The maximum Gasteiger partial charge on any atom is 0.171 e. The molecule has 290 valence electrons. The highest BCUT2D eigenvalue weighted by Crippen LogP contribution is 2.53. The first-order valence-corrected chi connectivity index (χ1v) is 20.6. The Kier molecular flexibility index (Phi) is 10.0. The van der Waals surface area contributed by atoms with Gasteiger partial charge in [-0.15, -0.1) is 0 Å². The number of hydrogen-bond donors (Lipinski definition) is 2. The molecule has 9 fully saturated rings. The Hall–Kier alpha value is -1.25. The normalized spacial score (nSPS) is 52.6. The lowest BCUT2D eigenvalue weighted by Gasteiger charge is -2.53. The molecule has 9 aliphatic rings. The van der Waals surface area contributed by atoms with Crippen molar-refractivity contribution in [2.75, 3.05) is 13.2 Å². The van der Waals surface area contributed by atoms with Gasteiger partial charge in [0.25, 0.3) is 0 Å². The number of ether oxygens (including phenoxy) is 8. The van der Waals surface area contributed by atoms with Crippen molar-refractivity contribution in [1.82, 2.24) is 0 Å². The molecular formula is C41H61NO10. The second kappa shape index (κ2) is 14.4. The van der Waals surface area contributed by atoms with Crippen LogP contribution in [0.4, 0.5) is 0 Å². The van der Waals surface area contributed by atoms with Crippen LogP contribution in [0, 0.1) is 23.7 Å². The van der Waals surface area contributed by atoms with E-state index in [2.05, 4.69) is 27.0 Å². The Morgan fingerprint density at radius 1 is 0.788 bits per heavy atom. The Morgan fingerprint density at radius 2 is 1.58 bits per heavy atom. The highest BCUT2D eigenvalue weighted by molar-refractivity contribution is 5.79. The summed E-state index contributed by atoms with van der Waals surface area (Å²) >= 11 is 0. The minimum atomic E-state index is -0.759. The molecule has 0 radical (unpaired) electrons. The molecule has 3 N–H and O–H groups in total. The first-order valence-electron chi connectivity index (χ1n) is 20.6. The molecule has 0 aromatic heterocycles. The zero-order valence-electron chi connectivity index (χ0n) is 31.1. The number of nitrogens with two attached hydrogens (primary N) is 1. The van der Waals surface area contributed by atoms with E-state index in [4.69, 9.17) is 43.6 Å². The quantitative estimate of drug-likeness (QED) is 0.403. The maximum atomic E-state index is 14.0. The number of carbonyl (C=O) groups excluding carboxylic acids is 1. The summed E-state index contributed by atoms with van der Waals surface area (Å²) in [5.41, 5.74) is 8.07. The third-order valence-corrected chi connectivity index (χ3v) is 14.6. The molecular weight excluding hydrogens is 666 g/mol. The second-order valence-electron chi connectivity index (χ2n) is 18.0. The van der Waals surface area contributed by atoms with Gasteiger partial charge in [0.2, 0.25) is 0 Å². The minimum absolute atomic E-state index is 0.00242. The zero-order valence-corrected chi connectivity index (χ0v) is 31.1. The Balaban J connectivity index is 0.989. The summed E-state index contributed by atoms with van der Waals surface area (Å²) in [6.45, 7) is 14.1. The minimum Gasteiger partial charge on any atom is -0.392 e. The largest absolute Gasteiger partial charge is 0.392 e. The molecule has 9 heterocycles. The molecule has 0 saturated carbocycles. The van der Waals surface area contributed by atoms with Gasteiger partial charge in [0, 0.05) is 51.0 Å². The molecule has 0 aliphatic carbocycles. The molecule has 19 atom stereocenters. The van der Waals surface area contributed by atoms with Crippen LogP contribution in [-0.2, 0) is 42.7 Å². The maximum absolute atomic E-state index is 14.0. The van der Waals surface area contributed by atoms with Crippen molar-refractivity contribution in [1.29, 1.82) is 0 Å². The molecule has 0 amide bonds. The van der Waals surface area contributed by atoms with Crippen molar-refractivity contribution in [2.45, 2.75) is 189 Å². The van der Waals surface area contributed by atoms with Crippen molar-refractivity contribution in [2.24, 2.45) is 29.4 Å². The van der Waals surface area contributed by atoms with Gasteiger partial charge in [-0.3, -0.25) is 4.79 Å². The number of fused-ring (bicyclic) bond motifs is 7. The van der Waals surface area contributed by atoms with Crippen molar-refractivity contribution < 1.29 is 47.8 Å². The van der Waals surface area contributed by atoms with Crippen LogP contribution >= 0.6 is 0 Å². The molecule has 9 aliphatic heterocycles. The number of rotatable bonds is 3. The molecule has 3 unspecified atom stereocenters. The van der Waals surface area contributed by atoms with Gasteiger partial charge in [0.1, 0.15) is 24.1 Å². The van der Waals surface area contributed by atoms with Gasteiger partial charge in [0.15, 0.2) is 5.79 Å². The van der Waals surface area contributed by atoms with E-state index in [0.717, 1.165) is 62.5 Å². The van der Waals surface area contributed by atoms with Gasteiger partial charge in [-0.1, -0.05) is 27.0 Å². The van der Waals surface area contributed by atoms with Crippen LogP contribution in [0.5, 0.6) is 0 Å². The Labute approximate surface area is 308 Å². The summed E-state index contributed by atoms with van der Waals surface area (Å²) in [5.74, 6) is -0.0280. The highest BCUT2D eigenvalue weighted by Gasteiger charge is 2.65. The summed E-state index contributed by atoms with van der Waals surface area (Å²) in [7, 11) is 0. The van der Waals surface area contributed by atoms with Crippen LogP contribution in [0.2, 0.25) is 0 Å². The number of aliphatic hydroxyl groups excluding tert-OH is 1. The van der Waals surface area contributed by atoms with Crippen LogP contribution < -0.4 is 5.73 Å². The monoisotopic (exact) mass is 727 g/mol. The summed E-state index contributed by atoms with van der Waals surface area (Å²) < 4.78 is 54.2. The van der Waals surface area contributed by atoms with Crippen LogP contribution in [0.3, 0.4) is 0 Å². The molecule has 1 spiro atoms. The summed E-state index contributed by atoms with van der Waals surface area (Å²) in [6, 6.07) is 0. The summed E-state index contributed by atoms with van der Waals surface area (Å²) in [4.78, 5) is 14.0. The van der Waals surface area contributed by atoms with Crippen molar-refractivity contribution in [3.05, 3.63) is 24.3 Å². The van der Waals surface area contributed by atoms with Crippen molar-refractivity contribution >= 4 is 5.78 Å². The van der Waals surface area contributed by atoms with E-state index < -0.39 is 11.9 Å². The molecule has 11 heteroatoms. The molecule has 10 bridgehead atoms. The molecule has 0 aromatic carbocycles. The predicted molar refractivity (Wildman–Crippen MR) is 189 cm³/mol. The molecule has 9 saturated heterocycles. The first kappa shape index (κ1) is 36.4. The molecule has 11 nitrogen and oxygen atoms in total. The lowest BCUT2D eigenvalue weighted by atomic mass is 9.78. The van der Waals surface area contributed by atoms with Gasteiger partial charge >= 0.3 is 0 Å². The third kappa shape index (κ3) is 6.71. The topological polar surface area (TPSA) is 137 Å². The molecule has 0 aromatic rings. The predicted octanol–water partition coefficient (Wildman–Crippen LogP) is 4.31. The Bertz CT molecular complexity index is 1380. The lowest BCUT2D eigenvalue weighted by Crippen LogP contribution is -2.66. The SMILES string of the molecule is C=C1C[C@@H]2CC[C@@]34C[C@H]5O[C@H]6[C@@H](O3)[C@H]3OC(CC[C@@H]3O[C@H]6[C@H]5CO4)CC(=O)C[C@@H]3[C@@H](C)[C@@H](C[C@H](O)CN)O[C@H]3CC3O[C@@H](CCC1O2)C[C@@H](C)C3=C. The van der Waals surface area contributed by atoms with E-state index in [0.29, 0.717) is 44.6 Å². The van der Waals surface area contributed by atoms with E-state index >= 15 is 0 Å². The lowest BCUT2D eigenvalue weighted by molar-refractivity contribution is -0.352. The fourth-order valence-electron chi connectivity index (χ4n) is 11.5. The number of carbonyl (C=O) groups is 1. The standard InChI is InChI=1S/C41H61NO10/c1-20-11-26-5-7-31-21(2)12-28(46-31)9-10-41-17-36-30(19-45-41)37-39(51-36)40(52-41)38-32(50-37)8-6-27(48-38)13-24(43)14-29-23(4)33(15-25(44)18-42)49-35(29)16-34(47-26)22(20)3/h20,23,25-40,44H,2-3,5-19,42H2,1,4H3/t20-,23-,25+,26+,27?,28+,29-,30+,31?,32+,33-,34?,35+,36-,37+,38+,39-,40+,41+/m1/s1. The van der Waals surface area contributed by atoms with Crippen molar-refractivity contribution in [3.8, 4) is 0 Å². The first-order chi connectivity index (χ1) is 25.1. The van der Waals surface area contributed by atoms with Crippen LogP contribution in [0.15, 0.2) is 24.3 Å². The van der Waals surface area contributed by atoms with E-state index in [1.165, 1.54) is 0 Å². The smallest absolute Gasteiger partial charge is 0.171 e. The molecule has 9 rings (SSSR count). The second-order valence-corrected chi connectivity index (χ2v) is 18.0. The van der Waals surface area contributed by atoms with Crippen LogP contribution in [0.1, 0.15) is 97.3 Å². The van der Waals surface area contributed by atoms with Crippen LogP contribution in [0.25, 0.3) is 0 Å². The summed E-state index contributed by atoms with van der Waals surface area (Å²) in [6.07, 6.45) is 6.85. The van der Waals surface area contributed by atoms with E-state index in [9.17, 15) is 9.90 Å². The molecule has 52 heavy (non-hydrogen) atoms. The third-order valence-electron chi connectivity index (χ3n) is 14.6. The van der Waals surface area contributed by atoms with Gasteiger partial charge in [0.05, 0.1) is 73.8 Å². The summed E-state index contributed by atoms with van der Waals surface area (Å²) in [5, 5.41) is 10.5. The van der Waals surface area contributed by atoms with Gasteiger partial charge < -0.3 is 48.7 Å². The average molecular weight is 728 g/mol. The number of Topliss-reactive ketones (excluding diaryl/α,β-unsaturated/α-hetero) is 1. The van der Waals surface area contributed by atoms with Gasteiger partial charge in [-0.05, 0) is 73.8 Å². The van der Waals surface area contributed by atoms with E-state index in [-0.39, 0.29) is 109 Å². The fourth-order valence-corrected chi connectivity index (χ4v) is 11.5. The average Bonchev–Trinajstić information content (AvgIpc) is 3.73. The zero-order chi connectivity index (χ0) is 35.9. The number of ketones is 1. The van der Waals surface area contributed by atoms with Crippen LogP contribution in [-0.4, -0.2) is 115 Å². The highest BCUT2D eigenvalue weighted by atomic mass is 16.7. The van der Waals surface area contributed by atoms with Crippen molar-refractivity contribution in [3.63, 3.8) is 0 Å². The number of hydrogen-bond acceptors (Lipinski definition) is 11. The number of aliphatic hydroxyl groups is 1. The fraction of sp³-hybridized carbons (Fsp3) is 0.878. The van der Waals surface area contributed by atoms with E-state index in [1.807, 2.05) is 0 Å². The van der Waals surface area contributed by atoms with Gasteiger partial charge in [-0.25, -0.2) is 0 Å².